The molecule has 1 aliphatic heterocycles. The first kappa shape index (κ1) is 15.0. The van der Waals surface area contributed by atoms with Gasteiger partial charge in [-0.2, -0.15) is 5.26 Å². The van der Waals surface area contributed by atoms with Crippen molar-refractivity contribution in [2.24, 2.45) is 7.05 Å². The van der Waals surface area contributed by atoms with E-state index >= 15 is 0 Å². The van der Waals surface area contributed by atoms with Crippen LogP contribution in [-0.4, -0.2) is 58.1 Å². The molecule has 1 fully saturated rings. The number of hydrogen-bond donors (Lipinski definition) is 0. The lowest BCUT2D eigenvalue weighted by atomic mass is 10.1. The summed E-state index contributed by atoms with van der Waals surface area (Å²) in [5.41, 5.74) is 0. The number of imidazole rings is 1. The molecule has 0 radical (unpaired) electrons. The molecule has 20 heavy (non-hydrogen) atoms. The van der Waals surface area contributed by atoms with Crippen molar-refractivity contribution in [1.82, 2.24) is 19.4 Å². The van der Waals surface area contributed by atoms with E-state index in [1.165, 1.54) is 0 Å². The minimum Gasteiger partial charge on any atom is -0.338 e. The van der Waals surface area contributed by atoms with Crippen molar-refractivity contribution in [1.29, 1.82) is 5.26 Å². The summed E-state index contributed by atoms with van der Waals surface area (Å²) in [6.45, 7) is 7.35. The number of hydrogen-bond acceptors (Lipinski definition) is 4. The van der Waals surface area contributed by atoms with Gasteiger partial charge in [0, 0.05) is 58.6 Å². The maximum absolute atomic E-state index is 9.22. The predicted octanol–water partition coefficient (Wildman–Crippen LogP) is 1.27. The Bertz CT molecular complexity index is 439. The summed E-state index contributed by atoms with van der Waals surface area (Å²) < 4.78 is 2.09. The van der Waals surface area contributed by atoms with Gasteiger partial charge in [-0.25, -0.2) is 4.98 Å². The third kappa shape index (κ3) is 3.81. The zero-order valence-electron chi connectivity index (χ0n) is 12.6. The van der Waals surface area contributed by atoms with Crippen LogP contribution in [0.1, 0.15) is 25.6 Å². The molecule has 0 saturated carbocycles. The molecule has 1 aliphatic rings. The zero-order valence-corrected chi connectivity index (χ0v) is 12.6. The van der Waals surface area contributed by atoms with E-state index in [4.69, 9.17) is 0 Å². The maximum atomic E-state index is 9.22. The van der Waals surface area contributed by atoms with Crippen molar-refractivity contribution in [3.8, 4) is 6.07 Å². The second kappa shape index (κ2) is 7.41. The molecule has 1 aromatic rings. The second-order valence-corrected chi connectivity index (χ2v) is 5.52. The van der Waals surface area contributed by atoms with Crippen LogP contribution >= 0.6 is 0 Å². The van der Waals surface area contributed by atoms with E-state index in [0.717, 1.165) is 57.8 Å². The van der Waals surface area contributed by atoms with Gasteiger partial charge in [-0.1, -0.05) is 13.3 Å². The van der Waals surface area contributed by atoms with Gasteiger partial charge < -0.3 is 9.47 Å². The molecule has 0 amide bonds. The van der Waals surface area contributed by atoms with Crippen LogP contribution in [0.2, 0.25) is 0 Å². The molecule has 0 aromatic carbocycles. The number of piperazine rings is 1. The molecule has 110 valence electrons. The molecule has 0 bridgehead atoms. The van der Waals surface area contributed by atoms with Crippen molar-refractivity contribution < 1.29 is 0 Å². The van der Waals surface area contributed by atoms with Gasteiger partial charge in [0.05, 0.1) is 12.1 Å². The maximum Gasteiger partial charge on any atom is 0.109 e. The molecule has 1 atom stereocenters. The van der Waals surface area contributed by atoms with Gasteiger partial charge in [-0.3, -0.25) is 4.90 Å². The van der Waals surface area contributed by atoms with Crippen LogP contribution in [0, 0.1) is 11.3 Å². The molecule has 0 spiro atoms. The van der Waals surface area contributed by atoms with E-state index in [1.54, 1.807) is 0 Å². The molecule has 2 rings (SSSR count). The van der Waals surface area contributed by atoms with Crippen LogP contribution in [0.5, 0.6) is 0 Å². The van der Waals surface area contributed by atoms with Crippen LogP contribution in [-0.2, 0) is 13.5 Å². The van der Waals surface area contributed by atoms with Crippen LogP contribution in [0.25, 0.3) is 0 Å². The highest BCUT2D eigenvalue weighted by Crippen LogP contribution is 2.11. The third-order valence-corrected chi connectivity index (χ3v) is 4.13. The average Bonchev–Trinajstić information content (AvgIpc) is 2.89. The average molecular weight is 275 g/mol. The van der Waals surface area contributed by atoms with E-state index in [2.05, 4.69) is 32.3 Å². The predicted molar refractivity (Wildman–Crippen MR) is 79.2 cm³/mol. The Hall–Kier alpha value is -1.38. The van der Waals surface area contributed by atoms with Gasteiger partial charge in [-0.15, -0.1) is 0 Å². The van der Waals surface area contributed by atoms with Gasteiger partial charge in [0.2, 0.25) is 0 Å². The Morgan fingerprint density at radius 2 is 2.10 bits per heavy atom. The fourth-order valence-corrected chi connectivity index (χ4v) is 2.80. The molecule has 0 N–H and O–H groups in total. The topological polar surface area (TPSA) is 48.1 Å². The van der Waals surface area contributed by atoms with Gasteiger partial charge >= 0.3 is 0 Å². The van der Waals surface area contributed by atoms with E-state index < -0.39 is 0 Å². The molecular weight excluding hydrogens is 250 g/mol. The normalized spacial score (nSPS) is 18.9. The lowest BCUT2D eigenvalue weighted by molar-refractivity contribution is 0.111. The van der Waals surface area contributed by atoms with Crippen LogP contribution in [0.4, 0.5) is 0 Å². The van der Waals surface area contributed by atoms with E-state index in [9.17, 15) is 5.26 Å². The summed E-state index contributed by atoms with van der Waals surface area (Å²) >= 11 is 0. The summed E-state index contributed by atoms with van der Waals surface area (Å²) in [6, 6.07) is 2.55. The third-order valence-electron chi connectivity index (χ3n) is 4.13. The summed E-state index contributed by atoms with van der Waals surface area (Å²) in [6.07, 6.45) is 6.92. The summed E-state index contributed by atoms with van der Waals surface area (Å²) in [5.74, 6) is 1.15. The Morgan fingerprint density at radius 3 is 2.65 bits per heavy atom. The van der Waals surface area contributed by atoms with Crippen LogP contribution < -0.4 is 0 Å². The monoisotopic (exact) mass is 275 g/mol. The molecule has 1 aromatic heterocycles. The van der Waals surface area contributed by atoms with E-state index in [0.29, 0.717) is 0 Å². The molecule has 5 heteroatoms. The first-order valence-corrected chi connectivity index (χ1v) is 7.56. The van der Waals surface area contributed by atoms with Crippen LogP contribution in [0.3, 0.4) is 0 Å². The lowest BCUT2D eigenvalue weighted by Gasteiger charge is -2.36. The number of rotatable bonds is 6. The van der Waals surface area contributed by atoms with Crippen molar-refractivity contribution in [3.05, 3.63) is 18.2 Å². The standard InChI is InChI=1S/C15H25N5/c1-3-4-14(13-16)20-11-9-19(10-12-20)7-5-15-17-6-8-18(15)2/h6,8,14H,3-5,7,9-12H2,1-2H3. The smallest absolute Gasteiger partial charge is 0.109 e. The second-order valence-electron chi connectivity index (χ2n) is 5.52. The minimum atomic E-state index is 0.108. The highest BCUT2D eigenvalue weighted by atomic mass is 15.3. The molecule has 0 aliphatic carbocycles. The number of aryl methyl sites for hydroxylation is 1. The number of aromatic nitrogens is 2. The lowest BCUT2D eigenvalue weighted by Crippen LogP contribution is -2.50. The SMILES string of the molecule is CCCC(C#N)N1CCN(CCc2nccn2C)CC1. The van der Waals surface area contributed by atoms with Gasteiger partial charge in [0.1, 0.15) is 5.82 Å². The quantitative estimate of drug-likeness (QED) is 0.784. The fourth-order valence-electron chi connectivity index (χ4n) is 2.80. The van der Waals surface area contributed by atoms with Crippen molar-refractivity contribution in [2.75, 3.05) is 32.7 Å². The molecule has 1 saturated heterocycles. The summed E-state index contributed by atoms with van der Waals surface area (Å²) in [4.78, 5) is 9.18. The Balaban J connectivity index is 1.74. The first-order valence-electron chi connectivity index (χ1n) is 7.56. The molecule has 2 heterocycles. The highest BCUT2D eigenvalue weighted by molar-refractivity contribution is 4.95. The van der Waals surface area contributed by atoms with Crippen molar-refractivity contribution in [3.63, 3.8) is 0 Å². The van der Waals surface area contributed by atoms with Gasteiger partial charge in [0.25, 0.3) is 0 Å². The first-order chi connectivity index (χ1) is 9.74. The molecular formula is C15H25N5. The van der Waals surface area contributed by atoms with E-state index in [1.807, 2.05) is 19.4 Å². The summed E-state index contributed by atoms with van der Waals surface area (Å²) in [5, 5.41) is 9.22. The molecule has 5 nitrogen and oxygen atoms in total. The van der Waals surface area contributed by atoms with Crippen molar-refractivity contribution >= 4 is 0 Å². The Morgan fingerprint density at radius 1 is 1.35 bits per heavy atom. The van der Waals surface area contributed by atoms with Crippen LogP contribution in [0.15, 0.2) is 12.4 Å². The largest absolute Gasteiger partial charge is 0.338 e. The van der Waals surface area contributed by atoms with Gasteiger partial charge in [-0.05, 0) is 6.42 Å². The minimum absolute atomic E-state index is 0.108. The number of nitrogens with zero attached hydrogens (tertiary/aromatic N) is 5. The van der Waals surface area contributed by atoms with Crippen molar-refractivity contribution in [2.45, 2.75) is 32.2 Å². The number of nitriles is 1. The Labute approximate surface area is 121 Å². The Kier molecular flexibility index (Phi) is 5.57. The zero-order chi connectivity index (χ0) is 14.4. The van der Waals surface area contributed by atoms with Gasteiger partial charge in [0.15, 0.2) is 0 Å². The molecule has 1 unspecified atom stereocenters. The highest BCUT2D eigenvalue weighted by Gasteiger charge is 2.22. The fraction of sp³-hybridized carbons (Fsp3) is 0.733. The summed E-state index contributed by atoms with van der Waals surface area (Å²) in [7, 11) is 2.04. The van der Waals surface area contributed by atoms with E-state index in [-0.39, 0.29) is 6.04 Å².